The molecule has 1 aromatic carbocycles. The lowest BCUT2D eigenvalue weighted by Crippen LogP contribution is -2.59. The van der Waals surface area contributed by atoms with Gasteiger partial charge in [-0.1, -0.05) is 45.7 Å². The molecule has 0 saturated carbocycles. The molecule has 1 heterocycles. The van der Waals surface area contributed by atoms with E-state index >= 15 is 0 Å². The van der Waals surface area contributed by atoms with Gasteiger partial charge in [0.05, 0.1) is 17.4 Å². The molecule has 3 atom stereocenters. The molecule has 0 saturated heterocycles. The Kier molecular flexibility index (Phi) is 8.52. The third kappa shape index (κ3) is 6.61. The van der Waals surface area contributed by atoms with Crippen LogP contribution in [-0.4, -0.2) is 48.7 Å². The quantitative estimate of drug-likeness (QED) is 0.593. The molecule has 1 aliphatic rings. The van der Waals surface area contributed by atoms with Gasteiger partial charge in [0.15, 0.2) is 0 Å². The summed E-state index contributed by atoms with van der Waals surface area (Å²) in [5.41, 5.74) is 0.927. The number of alkyl carbamates (subject to hydrolysis) is 1. The molecule has 32 heavy (non-hydrogen) atoms. The van der Waals surface area contributed by atoms with Crippen molar-refractivity contribution in [3.8, 4) is 0 Å². The first-order valence-corrected chi connectivity index (χ1v) is 11.4. The van der Waals surface area contributed by atoms with Crippen LogP contribution in [0.2, 0.25) is 0 Å². The highest BCUT2D eigenvalue weighted by atomic mass is 16.6. The van der Waals surface area contributed by atoms with Crippen LogP contribution in [0.1, 0.15) is 60.8 Å². The monoisotopic (exact) mass is 446 g/mol. The van der Waals surface area contributed by atoms with Gasteiger partial charge in [0.1, 0.15) is 17.7 Å². The fraction of sp³-hybridized carbons (Fsp3) is 0.625. The summed E-state index contributed by atoms with van der Waals surface area (Å²) in [6, 6.07) is 5.69. The molecule has 3 amide bonds. The largest absolute Gasteiger partial charge is 0.444 e. The number of nitrogens with one attached hydrogen (secondary N) is 3. The molecule has 0 fully saturated rings. The highest BCUT2D eigenvalue weighted by Crippen LogP contribution is 2.31. The average molecular weight is 447 g/mol. The molecule has 0 radical (unpaired) electrons. The maximum atomic E-state index is 13.4. The second-order valence-electron chi connectivity index (χ2n) is 9.66. The molecule has 3 N–H and O–H groups in total. The fourth-order valence-electron chi connectivity index (χ4n) is 3.72. The van der Waals surface area contributed by atoms with Crippen molar-refractivity contribution in [1.29, 1.82) is 0 Å². The van der Waals surface area contributed by atoms with E-state index in [-0.39, 0.29) is 17.9 Å². The summed E-state index contributed by atoms with van der Waals surface area (Å²) < 4.78 is 5.33. The van der Waals surface area contributed by atoms with E-state index < -0.39 is 29.7 Å². The Hall–Kier alpha value is -2.77. The highest BCUT2D eigenvalue weighted by Gasteiger charge is 2.39. The van der Waals surface area contributed by atoms with Crippen LogP contribution in [-0.2, 0) is 14.3 Å². The van der Waals surface area contributed by atoms with Crippen LogP contribution >= 0.6 is 0 Å². The minimum atomic E-state index is -0.790. The van der Waals surface area contributed by atoms with Gasteiger partial charge in [0, 0.05) is 7.05 Å². The van der Waals surface area contributed by atoms with Gasteiger partial charge >= 0.3 is 6.09 Å². The van der Waals surface area contributed by atoms with E-state index in [9.17, 15) is 14.4 Å². The predicted molar refractivity (Wildman–Crippen MR) is 127 cm³/mol. The van der Waals surface area contributed by atoms with Gasteiger partial charge < -0.3 is 25.6 Å². The topological polar surface area (TPSA) is 99.8 Å². The molecule has 1 aromatic rings. The number of amides is 3. The molecule has 8 nitrogen and oxygen atoms in total. The Bertz CT molecular complexity index is 818. The summed E-state index contributed by atoms with van der Waals surface area (Å²) in [6.45, 7) is 11.3. The molecule has 1 aliphatic heterocycles. The molecule has 0 aromatic heterocycles. The lowest BCUT2D eigenvalue weighted by atomic mass is 9.95. The molecule has 2 rings (SSSR count). The molecular weight excluding hydrogens is 408 g/mol. The number of likely N-dealkylation sites (N-methyl/N-ethyl adjacent to an activating group) is 1. The van der Waals surface area contributed by atoms with Gasteiger partial charge in [-0.2, -0.15) is 0 Å². The zero-order valence-corrected chi connectivity index (χ0v) is 20.3. The Balaban J connectivity index is 2.25. The summed E-state index contributed by atoms with van der Waals surface area (Å²) in [5.74, 6) is -0.535. The molecule has 178 valence electrons. The number of para-hydroxylation sites is 2. The summed E-state index contributed by atoms with van der Waals surface area (Å²) in [5, 5.41) is 9.04. The summed E-state index contributed by atoms with van der Waals surface area (Å²) >= 11 is 0. The zero-order chi connectivity index (χ0) is 24.1. The number of carbonyl (C=O) groups is 3. The highest BCUT2D eigenvalue weighted by molar-refractivity contribution is 6.03. The molecule has 0 spiro atoms. The first-order chi connectivity index (χ1) is 14.9. The number of unbranched alkanes of at least 4 members (excludes halogenated alkanes) is 1. The summed E-state index contributed by atoms with van der Waals surface area (Å²) in [6.07, 6.45) is 1.43. The molecular formula is C24H38N4O4. The van der Waals surface area contributed by atoms with Crippen LogP contribution < -0.4 is 20.9 Å². The number of fused-ring (bicyclic) bond motifs is 1. The minimum Gasteiger partial charge on any atom is -0.444 e. The maximum absolute atomic E-state index is 13.4. The van der Waals surface area contributed by atoms with Gasteiger partial charge in [-0.3, -0.25) is 9.59 Å². The van der Waals surface area contributed by atoms with Gasteiger partial charge in [-0.15, -0.1) is 0 Å². The normalized spacial score (nSPS) is 19.5. The van der Waals surface area contributed by atoms with Gasteiger partial charge in [0.25, 0.3) is 5.91 Å². The molecule has 8 heteroatoms. The van der Waals surface area contributed by atoms with E-state index in [1.807, 2.05) is 45.0 Å². The van der Waals surface area contributed by atoms with Crippen molar-refractivity contribution < 1.29 is 19.1 Å². The van der Waals surface area contributed by atoms with Crippen molar-refractivity contribution in [2.24, 2.45) is 5.92 Å². The number of carbonyl (C=O) groups excluding carboxylic acids is 3. The van der Waals surface area contributed by atoms with Gasteiger partial charge in [-0.25, -0.2) is 4.79 Å². The molecule has 0 bridgehead atoms. The predicted octanol–water partition coefficient (Wildman–Crippen LogP) is 3.67. The van der Waals surface area contributed by atoms with Crippen molar-refractivity contribution in [3.63, 3.8) is 0 Å². The van der Waals surface area contributed by atoms with E-state index in [2.05, 4.69) is 16.0 Å². The SMILES string of the molecule is CCCC[C@H](NC(=O)OC(C)(C)C)C(=O)NC1C(=O)N(C)c2ccccc2NC1C(C)C. The summed E-state index contributed by atoms with van der Waals surface area (Å²) in [7, 11) is 1.71. The Labute approximate surface area is 191 Å². The molecule has 2 unspecified atom stereocenters. The minimum absolute atomic E-state index is 0.0664. The number of benzene rings is 1. The number of ether oxygens (including phenoxy) is 1. The summed E-state index contributed by atoms with van der Waals surface area (Å²) in [4.78, 5) is 40.5. The maximum Gasteiger partial charge on any atom is 0.408 e. The van der Waals surface area contributed by atoms with Crippen molar-refractivity contribution in [3.05, 3.63) is 24.3 Å². The van der Waals surface area contributed by atoms with Crippen LogP contribution in [0.4, 0.5) is 16.2 Å². The van der Waals surface area contributed by atoms with Crippen molar-refractivity contribution in [2.45, 2.75) is 84.5 Å². The van der Waals surface area contributed by atoms with E-state index in [1.165, 1.54) is 0 Å². The van der Waals surface area contributed by atoms with Gasteiger partial charge in [0.2, 0.25) is 5.91 Å². The first-order valence-electron chi connectivity index (χ1n) is 11.4. The van der Waals surface area contributed by atoms with Crippen molar-refractivity contribution in [2.75, 3.05) is 17.3 Å². The van der Waals surface area contributed by atoms with Crippen LogP contribution in [0.25, 0.3) is 0 Å². The third-order valence-corrected chi connectivity index (χ3v) is 5.41. The van der Waals surface area contributed by atoms with Crippen LogP contribution in [0.15, 0.2) is 24.3 Å². The second kappa shape index (κ2) is 10.7. The number of anilines is 2. The van der Waals surface area contributed by atoms with E-state index in [1.54, 1.807) is 32.7 Å². The van der Waals surface area contributed by atoms with Gasteiger partial charge in [-0.05, 0) is 45.2 Å². The number of nitrogens with zero attached hydrogens (tertiary/aromatic N) is 1. The smallest absolute Gasteiger partial charge is 0.408 e. The Morgan fingerprint density at radius 1 is 1.22 bits per heavy atom. The second-order valence-corrected chi connectivity index (χ2v) is 9.66. The Morgan fingerprint density at radius 3 is 2.47 bits per heavy atom. The van der Waals surface area contributed by atoms with Crippen molar-refractivity contribution in [1.82, 2.24) is 10.6 Å². The third-order valence-electron chi connectivity index (χ3n) is 5.41. The average Bonchev–Trinajstić information content (AvgIpc) is 2.80. The number of rotatable bonds is 7. The molecule has 0 aliphatic carbocycles. The van der Waals surface area contributed by atoms with Crippen LogP contribution in [0.5, 0.6) is 0 Å². The first kappa shape index (κ1) is 25.5. The lowest BCUT2D eigenvalue weighted by molar-refractivity contribution is -0.129. The zero-order valence-electron chi connectivity index (χ0n) is 20.3. The van der Waals surface area contributed by atoms with E-state index in [0.29, 0.717) is 6.42 Å². The number of hydrogen-bond donors (Lipinski definition) is 3. The van der Waals surface area contributed by atoms with E-state index in [0.717, 1.165) is 24.2 Å². The van der Waals surface area contributed by atoms with Crippen LogP contribution in [0.3, 0.4) is 0 Å². The van der Waals surface area contributed by atoms with Crippen LogP contribution in [0, 0.1) is 5.92 Å². The van der Waals surface area contributed by atoms with E-state index in [4.69, 9.17) is 4.74 Å². The number of hydrogen-bond acceptors (Lipinski definition) is 5. The Morgan fingerprint density at radius 2 is 1.88 bits per heavy atom. The standard InChI is InChI=1S/C24H38N4O4/c1-8-9-12-17(26-23(31)32-24(4,5)6)21(29)27-20-19(15(2)3)25-16-13-10-11-14-18(16)28(7)22(20)30/h10-11,13-15,17,19-20,25H,8-9,12H2,1-7H3,(H,26,31)(H,27,29)/t17-,19?,20?/m0/s1. The lowest BCUT2D eigenvalue weighted by Gasteiger charge is -2.31. The fourth-order valence-corrected chi connectivity index (χ4v) is 3.72. The van der Waals surface area contributed by atoms with Crippen molar-refractivity contribution >= 4 is 29.3 Å².